The SMILES string of the molecule is CC(=O)[C@@H]1C[C@]2(C3OCCO3)C=CC1O2. The van der Waals surface area contributed by atoms with Crippen molar-refractivity contribution < 1.29 is 19.0 Å². The van der Waals surface area contributed by atoms with Crippen molar-refractivity contribution in [2.75, 3.05) is 13.2 Å². The molecule has 2 bridgehead atoms. The maximum absolute atomic E-state index is 11.4. The number of carbonyl (C=O) groups excluding carboxylic acids is 1. The first-order valence-corrected chi connectivity index (χ1v) is 5.32. The van der Waals surface area contributed by atoms with Gasteiger partial charge in [0.25, 0.3) is 0 Å². The zero-order chi connectivity index (χ0) is 10.5. The van der Waals surface area contributed by atoms with Gasteiger partial charge in [0.15, 0.2) is 6.29 Å². The first kappa shape index (κ1) is 9.51. The molecule has 15 heavy (non-hydrogen) atoms. The molecule has 3 aliphatic heterocycles. The fourth-order valence-corrected chi connectivity index (χ4v) is 2.63. The van der Waals surface area contributed by atoms with Gasteiger partial charge in [0.2, 0.25) is 0 Å². The topological polar surface area (TPSA) is 44.8 Å². The Morgan fingerprint density at radius 2 is 2.13 bits per heavy atom. The van der Waals surface area contributed by atoms with E-state index in [9.17, 15) is 4.79 Å². The van der Waals surface area contributed by atoms with Crippen LogP contribution in [0.3, 0.4) is 0 Å². The molecule has 4 nitrogen and oxygen atoms in total. The second-order valence-electron chi connectivity index (χ2n) is 4.39. The number of hydrogen-bond acceptors (Lipinski definition) is 4. The average Bonchev–Trinajstić information content (AvgIpc) is 2.93. The van der Waals surface area contributed by atoms with Crippen LogP contribution in [-0.2, 0) is 19.0 Å². The molecule has 0 spiro atoms. The van der Waals surface area contributed by atoms with Crippen LogP contribution in [0.5, 0.6) is 0 Å². The third kappa shape index (κ3) is 1.29. The van der Waals surface area contributed by atoms with Gasteiger partial charge in [-0.15, -0.1) is 0 Å². The molecule has 0 N–H and O–H groups in total. The Labute approximate surface area is 88.2 Å². The molecule has 2 fully saturated rings. The minimum absolute atomic E-state index is 0.0252. The van der Waals surface area contributed by atoms with Gasteiger partial charge >= 0.3 is 0 Å². The maximum atomic E-state index is 11.4. The number of ether oxygens (including phenoxy) is 3. The minimum atomic E-state index is -0.502. The fraction of sp³-hybridized carbons (Fsp3) is 0.727. The highest BCUT2D eigenvalue weighted by atomic mass is 16.7. The second kappa shape index (κ2) is 3.14. The number of rotatable bonds is 2. The smallest absolute Gasteiger partial charge is 0.190 e. The van der Waals surface area contributed by atoms with Gasteiger partial charge in [-0.1, -0.05) is 6.08 Å². The summed E-state index contributed by atoms with van der Waals surface area (Å²) in [6, 6.07) is 0. The fourth-order valence-electron chi connectivity index (χ4n) is 2.63. The van der Waals surface area contributed by atoms with Gasteiger partial charge in [0.1, 0.15) is 11.4 Å². The lowest BCUT2D eigenvalue weighted by Crippen LogP contribution is -2.40. The summed E-state index contributed by atoms with van der Waals surface area (Å²) in [6.45, 7) is 2.84. The third-order valence-corrected chi connectivity index (χ3v) is 3.40. The van der Waals surface area contributed by atoms with Crippen molar-refractivity contribution in [2.45, 2.75) is 31.3 Å². The maximum Gasteiger partial charge on any atom is 0.190 e. The molecule has 0 saturated carbocycles. The van der Waals surface area contributed by atoms with Gasteiger partial charge in [-0.05, 0) is 19.4 Å². The molecule has 2 saturated heterocycles. The molecule has 0 aromatic carbocycles. The lowest BCUT2D eigenvalue weighted by atomic mass is 9.84. The van der Waals surface area contributed by atoms with E-state index < -0.39 is 5.60 Å². The molecule has 4 heteroatoms. The lowest BCUT2D eigenvalue weighted by Gasteiger charge is -2.28. The zero-order valence-electron chi connectivity index (χ0n) is 8.64. The van der Waals surface area contributed by atoms with Gasteiger partial charge in [0.05, 0.1) is 25.2 Å². The molecule has 0 amide bonds. The molecule has 0 aromatic heterocycles. The molecule has 3 aliphatic rings. The molecule has 3 atom stereocenters. The van der Waals surface area contributed by atoms with Crippen molar-refractivity contribution >= 4 is 5.78 Å². The summed E-state index contributed by atoms with van der Waals surface area (Å²) >= 11 is 0. The minimum Gasteiger partial charge on any atom is -0.358 e. The third-order valence-electron chi connectivity index (χ3n) is 3.40. The van der Waals surface area contributed by atoms with Crippen molar-refractivity contribution in [3.05, 3.63) is 12.2 Å². The van der Waals surface area contributed by atoms with E-state index in [4.69, 9.17) is 14.2 Å². The first-order valence-electron chi connectivity index (χ1n) is 5.32. The van der Waals surface area contributed by atoms with E-state index in [1.165, 1.54) is 0 Å². The van der Waals surface area contributed by atoms with E-state index in [0.717, 1.165) is 0 Å². The summed E-state index contributed by atoms with van der Waals surface area (Å²) < 4.78 is 16.8. The molecule has 3 heterocycles. The largest absolute Gasteiger partial charge is 0.358 e. The van der Waals surface area contributed by atoms with Crippen LogP contribution in [-0.4, -0.2) is 37.0 Å². The molecule has 0 radical (unpaired) electrons. The van der Waals surface area contributed by atoms with E-state index in [0.29, 0.717) is 19.6 Å². The Morgan fingerprint density at radius 1 is 1.40 bits per heavy atom. The summed E-state index contributed by atoms with van der Waals surface area (Å²) in [5, 5.41) is 0. The van der Waals surface area contributed by atoms with Crippen LogP contribution >= 0.6 is 0 Å². The summed E-state index contributed by atoms with van der Waals surface area (Å²) in [6.07, 6.45) is 4.24. The summed E-state index contributed by atoms with van der Waals surface area (Å²) in [5.74, 6) is 0.159. The van der Waals surface area contributed by atoms with Crippen molar-refractivity contribution in [1.29, 1.82) is 0 Å². The monoisotopic (exact) mass is 210 g/mol. The Morgan fingerprint density at radius 3 is 2.73 bits per heavy atom. The van der Waals surface area contributed by atoms with Crippen molar-refractivity contribution in [2.24, 2.45) is 5.92 Å². The van der Waals surface area contributed by atoms with Crippen LogP contribution in [0.1, 0.15) is 13.3 Å². The van der Waals surface area contributed by atoms with Crippen LogP contribution < -0.4 is 0 Å². The second-order valence-corrected chi connectivity index (χ2v) is 4.39. The molecule has 3 rings (SSSR count). The highest BCUT2D eigenvalue weighted by Crippen LogP contribution is 2.46. The zero-order valence-corrected chi connectivity index (χ0v) is 8.64. The van der Waals surface area contributed by atoms with Crippen LogP contribution in [0.25, 0.3) is 0 Å². The van der Waals surface area contributed by atoms with Crippen LogP contribution in [0, 0.1) is 5.92 Å². The highest BCUT2D eigenvalue weighted by Gasteiger charge is 2.56. The van der Waals surface area contributed by atoms with Gasteiger partial charge in [-0.25, -0.2) is 0 Å². The lowest BCUT2D eigenvalue weighted by molar-refractivity contribution is -0.164. The first-order chi connectivity index (χ1) is 7.21. The van der Waals surface area contributed by atoms with Gasteiger partial charge < -0.3 is 14.2 Å². The molecular formula is C11H14O4. The van der Waals surface area contributed by atoms with Crippen molar-refractivity contribution in [1.82, 2.24) is 0 Å². The van der Waals surface area contributed by atoms with E-state index in [1.54, 1.807) is 6.92 Å². The van der Waals surface area contributed by atoms with Gasteiger partial charge in [0, 0.05) is 0 Å². The summed E-state index contributed by atoms with van der Waals surface area (Å²) in [5.41, 5.74) is -0.502. The van der Waals surface area contributed by atoms with Crippen molar-refractivity contribution in [3.8, 4) is 0 Å². The Bertz CT molecular complexity index is 319. The van der Waals surface area contributed by atoms with Gasteiger partial charge in [-0.3, -0.25) is 4.79 Å². The average molecular weight is 210 g/mol. The predicted octanol–water partition coefficient (Wildman–Crippen LogP) is 0.662. The quantitative estimate of drug-likeness (QED) is 0.628. The predicted molar refractivity (Wildman–Crippen MR) is 51.2 cm³/mol. The standard InChI is InChI=1S/C11H14O4/c1-7(12)8-6-11(3-2-9(8)15-11)10-13-4-5-14-10/h2-3,8-10H,4-6H2,1H3/t8-,9?,11-/m0/s1. The number of fused-ring (bicyclic) bond motifs is 2. The van der Waals surface area contributed by atoms with E-state index in [1.807, 2.05) is 12.2 Å². The normalized spacial score (nSPS) is 44.1. The van der Waals surface area contributed by atoms with Gasteiger partial charge in [-0.2, -0.15) is 0 Å². The number of carbonyl (C=O) groups is 1. The van der Waals surface area contributed by atoms with Crippen LogP contribution in [0.2, 0.25) is 0 Å². The van der Waals surface area contributed by atoms with E-state index in [2.05, 4.69) is 0 Å². The Kier molecular flexibility index (Phi) is 1.99. The Hall–Kier alpha value is -0.710. The summed E-state index contributed by atoms with van der Waals surface area (Å²) in [7, 11) is 0. The summed E-state index contributed by atoms with van der Waals surface area (Å²) in [4.78, 5) is 11.4. The number of hydrogen-bond donors (Lipinski definition) is 0. The number of ketones is 1. The van der Waals surface area contributed by atoms with Crippen LogP contribution in [0.4, 0.5) is 0 Å². The van der Waals surface area contributed by atoms with E-state index >= 15 is 0 Å². The Balaban J connectivity index is 1.84. The van der Waals surface area contributed by atoms with Crippen LogP contribution in [0.15, 0.2) is 12.2 Å². The van der Waals surface area contributed by atoms with E-state index in [-0.39, 0.29) is 24.1 Å². The van der Waals surface area contributed by atoms with Crippen molar-refractivity contribution in [3.63, 3.8) is 0 Å². The number of Topliss-reactive ketones (excluding diaryl/α,β-unsaturated/α-hetero) is 1. The highest BCUT2D eigenvalue weighted by molar-refractivity contribution is 5.80. The molecule has 1 unspecified atom stereocenters. The molecule has 82 valence electrons. The molecule has 0 aromatic rings. The molecular weight excluding hydrogens is 196 g/mol. The molecule has 0 aliphatic carbocycles.